The van der Waals surface area contributed by atoms with Crippen molar-refractivity contribution in [3.05, 3.63) is 94.5 Å². The number of anilines is 1. The van der Waals surface area contributed by atoms with Gasteiger partial charge in [0.1, 0.15) is 12.4 Å². The van der Waals surface area contributed by atoms with Gasteiger partial charge >= 0.3 is 0 Å². The number of nitrogens with one attached hydrogen (secondary N) is 2. The molecule has 5 nitrogen and oxygen atoms in total. The molecule has 3 aromatic rings. The molecule has 0 aliphatic rings. The molecule has 0 aliphatic carbocycles. The molecular weight excluding hydrogens is 412 g/mol. The molecule has 0 aliphatic heterocycles. The number of para-hydroxylation sites is 1. The van der Waals surface area contributed by atoms with E-state index in [2.05, 4.69) is 10.6 Å². The van der Waals surface area contributed by atoms with Crippen LogP contribution in [0.5, 0.6) is 5.75 Å². The third-order valence-electron chi connectivity index (χ3n) is 4.47. The summed E-state index contributed by atoms with van der Waals surface area (Å²) in [6.07, 6.45) is 0.299. The Balaban J connectivity index is 1.62. The first-order chi connectivity index (χ1) is 14.9. The molecule has 6 heteroatoms. The van der Waals surface area contributed by atoms with Gasteiger partial charge in [-0.3, -0.25) is 9.59 Å². The topological polar surface area (TPSA) is 67.4 Å². The summed E-state index contributed by atoms with van der Waals surface area (Å²) in [5, 5.41) is 6.41. The fraction of sp³-hybridized carbons (Fsp3) is 0.200. The highest BCUT2D eigenvalue weighted by Crippen LogP contribution is 2.22. The fourth-order valence-electron chi connectivity index (χ4n) is 2.98. The van der Waals surface area contributed by atoms with Gasteiger partial charge in [-0.15, -0.1) is 0 Å². The van der Waals surface area contributed by atoms with Crippen LogP contribution in [0.2, 0.25) is 5.02 Å². The van der Waals surface area contributed by atoms with E-state index in [4.69, 9.17) is 16.3 Å². The van der Waals surface area contributed by atoms with E-state index < -0.39 is 0 Å². The lowest BCUT2D eigenvalue weighted by atomic mass is 10.1. The van der Waals surface area contributed by atoms with Gasteiger partial charge in [0.15, 0.2) is 0 Å². The van der Waals surface area contributed by atoms with Crippen molar-refractivity contribution in [1.82, 2.24) is 5.32 Å². The molecule has 0 spiro atoms. The fourth-order valence-corrected chi connectivity index (χ4v) is 3.11. The Kier molecular flexibility index (Phi) is 7.68. The van der Waals surface area contributed by atoms with Crippen molar-refractivity contribution in [3.8, 4) is 5.75 Å². The smallest absolute Gasteiger partial charge is 0.259 e. The molecule has 160 valence electrons. The van der Waals surface area contributed by atoms with Gasteiger partial charge in [-0.2, -0.15) is 0 Å². The summed E-state index contributed by atoms with van der Waals surface area (Å²) in [5.74, 6) is 0.201. The minimum Gasteiger partial charge on any atom is -0.488 e. The quantitative estimate of drug-likeness (QED) is 0.507. The first-order valence-corrected chi connectivity index (χ1v) is 10.4. The lowest BCUT2D eigenvalue weighted by Gasteiger charge is -2.12. The maximum atomic E-state index is 12.8. The van der Waals surface area contributed by atoms with Crippen molar-refractivity contribution in [2.45, 2.75) is 32.9 Å². The molecule has 0 fully saturated rings. The maximum absolute atomic E-state index is 12.8. The lowest BCUT2D eigenvalue weighted by Crippen LogP contribution is -2.31. The second-order valence-electron chi connectivity index (χ2n) is 7.46. The minimum absolute atomic E-state index is 0.0291. The molecular formula is C25H25ClN2O3. The van der Waals surface area contributed by atoms with Gasteiger partial charge in [0.05, 0.1) is 12.0 Å². The van der Waals surface area contributed by atoms with Crippen molar-refractivity contribution in [2.75, 3.05) is 5.32 Å². The predicted molar refractivity (Wildman–Crippen MR) is 124 cm³/mol. The van der Waals surface area contributed by atoms with Crippen molar-refractivity contribution in [2.24, 2.45) is 0 Å². The summed E-state index contributed by atoms with van der Waals surface area (Å²) in [6, 6.07) is 21.8. The molecule has 2 N–H and O–H groups in total. The SMILES string of the molecule is CC(C)NC(=O)Cc1ccc(NC(=O)c2ccccc2OCc2ccc(Cl)cc2)cc1. The molecule has 3 aromatic carbocycles. The molecule has 3 rings (SSSR count). The average molecular weight is 437 g/mol. The van der Waals surface area contributed by atoms with E-state index in [1.807, 2.05) is 44.2 Å². The van der Waals surface area contributed by atoms with Crippen LogP contribution in [0.3, 0.4) is 0 Å². The summed E-state index contributed by atoms with van der Waals surface area (Å²) < 4.78 is 5.87. The van der Waals surface area contributed by atoms with Crippen LogP contribution in [-0.4, -0.2) is 17.9 Å². The van der Waals surface area contributed by atoms with Gasteiger partial charge < -0.3 is 15.4 Å². The summed E-state index contributed by atoms with van der Waals surface area (Å²) in [7, 11) is 0. The van der Waals surface area contributed by atoms with Crippen LogP contribution >= 0.6 is 11.6 Å². The molecule has 0 bridgehead atoms. The summed E-state index contributed by atoms with van der Waals surface area (Å²) in [6.45, 7) is 4.18. The van der Waals surface area contributed by atoms with Gasteiger partial charge in [0, 0.05) is 16.8 Å². The van der Waals surface area contributed by atoms with Crippen LogP contribution in [-0.2, 0) is 17.8 Å². The highest BCUT2D eigenvalue weighted by molar-refractivity contribution is 6.30. The van der Waals surface area contributed by atoms with E-state index in [0.29, 0.717) is 35.1 Å². The zero-order chi connectivity index (χ0) is 22.2. The van der Waals surface area contributed by atoms with Crippen molar-refractivity contribution >= 4 is 29.1 Å². The van der Waals surface area contributed by atoms with Gasteiger partial charge in [-0.05, 0) is 61.4 Å². The summed E-state index contributed by atoms with van der Waals surface area (Å²) >= 11 is 5.91. The molecule has 0 atom stereocenters. The van der Waals surface area contributed by atoms with Gasteiger partial charge in [-0.25, -0.2) is 0 Å². The molecule has 0 saturated heterocycles. The second kappa shape index (κ2) is 10.6. The Bertz CT molecular complexity index is 1030. The third-order valence-corrected chi connectivity index (χ3v) is 4.72. The van der Waals surface area contributed by atoms with Crippen molar-refractivity contribution in [3.63, 3.8) is 0 Å². The predicted octanol–water partition coefficient (Wildman–Crippen LogP) is 5.24. The van der Waals surface area contributed by atoms with E-state index in [1.54, 1.807) is 42.5 Å². The summed E-state index contributed by atoms with van der Waals surface area (Å²) in [4.78, 5) is 24.7. The van der Waals surface area contributed by atoms with Crippen LogP contribution in [0, 0.1) is 0 Å². The molecule has 0 unspecified atom stereocenters. The Morgan fingerprint density at radius 2 is 1.55 bits per heavy atom. The van der Waals surface area contributed by atoms with Crippen molar-refractivity contribution < 1.29 is 14.3 Å². The van der Waals surface area contributed by atoms with Crippen LogP contribution < -0.4 is 15.4 Å². The zero-order valence-corrected chi connectivity index (χ0v) is 18.3. The van der Waals surface area contributed by atoms with Crippen LogP contribution in [0.1, 0.15) is 35.3 Å². The first-order valence-electron chi connectivity index (χ1n) is 10.1. The highest BCUT2D eigenvalue weighted by atomic mass is 35.5. The van der Waals surface area contributed by atoms with E-state index in [-0.39, 0.29) is 17.9 Å². The monoisotopic (exact) mass is 436 g/mol. The molecule has 2 amide bonds. The average Bonchev–Trinajstić information content (AvgIpc) is 2.74. The number of rotatable bonds is 8. The third kappa shape index (κ3) is 6.86. The number of benzene rings is 3. The number of carbonyl (C=O) groups is 2. The largest absolute Gasteiger partial charge is 0.488 e. The molecule has 0 radical (unpaired) electrons. The summed E-state index contributed by atoms with van der Waals surface area (Å²) in [5.41, 5.74) is 2.92. The molecule has 0 heterocycles. The van der Waals surface area contributed by atoms with Crippen LogP contribution in [0.15, 0.2) is 72.8 Å². The van der Waals surface area contributed by atoms with Crippen molar-refractivity contribution in [1.29, 1.82) is 0 Å². The molecule has 0 aromatic heterocycles. The molecule has 0 saturated carbocycles. The van der Waals surface area contributed by atoms with Gasteiger partial charge in [-0.1, -0.05) is 48.0 Å². The Labute approximate surface area is 187 Å². The van der Waals surface area contributed by atoms with Crippen LogP contribution in [0.4, 0.5) is 5.69 Å². The first kappa shape index (κ1) is 22.4. The number of halogens is 1. The number of ether oxygens (including phenoxy) is 1. The number of amides is 2. The zero-order valence-electron chi connectivity index (χ0n) is 17.5. The number of hydrogen-bond acceptors (Lipinski definition) is 3. The lowest BCUT2D eigenvalue weighted by molar-refractivity contribution is -0.120. The maximum Gasteiger partial charge on any atom is 0.259 e. The molecule has 31 heavy (non-hydrogen) atoms. The Morgan fingerprint density at radius 3 is 2.23 bits per heavy atom. The highest BCUT2D eigenvalue weighted by Gasteiger charge is 2.13. The van der Waals surface area contributed by atoms with Gasteiger partial charge in [0.2, 0.25) is 5.91 Å². The van der Waals surface area contributed by atoms with Crippen LogP contribution in [0.25, 0.3) is 0 Å². The Hall–Kier alpha value is -3.31. The standard InChI is InChI=1S/C25H25ClN2O3/c1-17(2)27-24(29)15-18-9-13-21(14-10-18)28-25(30)22-5-3-4-6-23(22)31-16-19-7-11-20(26)12-8-19/h3-14,17H,15-16H2,1-2H3,(H,27,29)(H,28,30). The number of hydrogen-bond donors (Lipinski definition) is 2. The van der Waals surface area contributed by atoms with E-state index in [9.17, 15) is 9.59 Å². The van der Waals surface area contributed by atoms with E-state index >= 15 is 0 Å². The second-order valence-corrected chi connectivity index (χ2v) is 7.90. The normalized spacial score (nSPS) is 10.6. The minimum atomic E-state index is -0.267. The Morgan fingerprint density at radius 1 is 0.903 bits per heavy atom. The van der Waals surface area contributed by atoms with Gasteiger partial charge in [0.25, 0.3) is 5.91 Å². The number of carbonyl (C=O) groups excluding carboxylic acids is 2. The van der Waals surface area contributed by atoms with E-state index in [0.717, 1.165) is 11.1 Å². The van der Waals surface area contributed by atoms with E-state index in [1.165, 1.54) is 0 Å².